The van der Waals surface area contributed by atoms with Gasteiger partial charge in [-0.1, -0.05) is 60.3 Å². The Hall–Kier alpha value is -3.23. The number of para-hydroxylation sites is 1. The van der Waals surface area contributed by atoms with Crippen molar-refractivity contribution in [1.29, 1.82) is 0 Å². The molecule has 7 nitrogen and oxygen atoms in total. The van der Waals surface area contributed by atoms with Gasteiger partial charge in [-0.2, -0.15) is 0 Å². The molecule has 2 atom stereocenters. The van der Waals surface area contributed by atoms with Gasteiger partial charge in [0.25, 0.3) is 0 Å². The number of ether oxygens (including phenoxy) is 1. The molecule has 4 rings (SSSR count). The van der Waals surface area contributed by atoms with Crippen molar-refractivity contribution in [2.75, 3.05) is 6.54 Å². The number of thioether (sulfide) groups is 1. The van der Waals surface area contributed by atoms with Crippen molar-refractivity contribution in [2.24, 2.45) is 0 Å². The highest BCUT2D eigenvalue weighted by Gasteiger charge is 2.29. The fraction of sp³-hybridized carbons (Fsp3) is 0.280. The minimum atomic E-state index is -0.753. The van der Waals surface area contributed by atoms with E-state index < -0.39 is 23.2 Å². The van der Waals surface area contributed by atoms with Gasteiger partial charge in [-0.3, -0.25) is 14.4 Å². The Labute approximate surface area is 194 Å². The summed E-state index contributed by atoms with van der Waals surface area (Å²) in [6, 6.07) is 15.3. The summed E-state index contributed by atoms with van der Waals surface area (Å²) in [5.41, 5.74) is 1.44. The van der Waals surface area contributed by atoms with Crippen molar-refractivity contribution in [3.05, 3.63) is 72.0 Å². The van der Waals surface area contributed by atoms with Crippen molar-refractivity contribution in [2.45, 2.75) is 37.0 Å². The molecule has 1 aliphatic rings. The summed E-state index contributed by atoms with van der Waals surface area (Å²) in [6.07, 6.45) is 2.51. The molecule has 0 radical (unpaired) electrons. The summed E-state index contributed by atoms with van der Waals surface area (Å²) in [4.78, 5) is 50.5. The molecule has 1 N–H and O–H groups in total. The molecular formula is C25H23NO6S. The van der Waals surface area contributed by atoms with Crippen LogP contribution in [-0.2, 0) is 14.3 Å². The van der Waals surface area contributed by atoms with Crippen LogP contribution >= 0.6 is 11.8 Å². The van der Waals surface area contributed by atoms with Gasteiger partial charge in [-0.05, 0) is 25.5 Å². The minimum absolute atomic E-state index is 0.0856. The molecule has 0 amide bonds. The summed E-state index contributed by atoms with van der Waals surface area (Å²) >= 11 is 0.898. The molecular weight excluding hydrogens is 442 g/mol. The van der Waals surface area contributed by atoms with Crippen LogP contribution in [0, 0.1) is 0 Å². The van der Waals surface area contributed by atoms with E-state index in [1.807, 2.05) is 6.07 Å². The Bertz CT molecular complexity index is 1170. The maximum absolute atomic E-state index is 13.0. The van der Waals surface area contributed by atoms with E-state index >= 15 is 0 Å². The van der Waals surface area contributed by atoms with Gasteiger partial charge in [-0.25, -0.2) is 4.79 Å². The van der Waals surface area contributed by atoms with Crippen LogP contribution in [0.4, 0.5) is 0 Å². The molecule has 1 aliphatic heterocycles. The van der Waals surface area contributed by atoms with E-state index in [0.29, 0.717) is 35.1 Å². The number of carbonyl (C=O) groups is 4. The van der Waals surface area contributed by atoms with Gasteiger partial charge in [-0.15, -0.1) is 0 Å². The number of rotatable bonds is 8. The predicted octanol–water partition coefficient (Wildman–Crippen LogP) is 4.16. The second-order valence-electron chi connectivity index (χ2n) is 7.81. The number of hydrogen-bond acceptors (Lipinski definition) is 8. The van der Waals surface area contributed by atoms with Crippen LogP contribution in [0.2, 0.25) is 0 Å². The number of benzene rings is 2. The average molecular weight is 466 g/mol. The van der Waals surface area contributed by atoms with Crippen LogP contribution in [0.1, 0.15) is 46.4 Å². The maximum atomic E-state index is 13.0. The highest BCUT2D eigenvalue weighted by Crippen LogP contribution is 2.28. The van der Waals surface area contributed by atoms with Crippen molar-refractivity contribution in [3.8, 4) is 0 Å². The number of Topliss-reactive ketones (excluding diaryl/α,β-unsaturated/α-hetero) is 1. The summed E-state index contributed by atoms with van der Waals surface area (Å²) < 4.78 is 10.5. The highest BCUT2D eigenvalue weighted by atomic mass is 32.2. The van der Waals surface area contributed by atoms with Crippen LogP contribution in [-0.4, -0.2) is 40.7 Å². The molecule has 0 saturated carbocycles. The standard InChI is InChI=1S/C25H23NO6S/c27-21(19-15-31-22-11-5-4-9-18(19)22)13-17(33-25(30)16-7-2-1-3-8-16)14-23(28)32-24(29)20-10-6-12-26-20/h1-5,7-9,11,15,17,20,26H,6,10,12-14H2/t17?,20-/m0/s1. The van der Waals surface area contributed by atoms with E-state index in [0.717, 1.165) is 18.2 Å². The largest absolute Gasteiger partial charge is 0.464 e. The van der Waals surface area contributed by atoms with E-state index in [9.17, 15) is 19.2 Å². The van der Waals surface area contributed by atoms with E-state index in [1.165, 1.54) is 6.26 Å². The smallest absolute Gasteiger partial charge is 0.330 e. The predicted molar refractivity (Wildman–Crippen MR) is 124 cm³/mol. The second-order valence-corrected chi connectivity index (χ2v) is 9.09. The zero-order valence-corrected chi connectivity index (χ0v) is 18.6. The van der Waals surface area contributed by atoms with E-state index in [1.54, 1.807) is 48.5 Å². The number of nitrogens with one attached hydrogen (secondary N) is 1. The van der Waals surface area contributed by atoms with Gasteiger partial charge >= 0.3 is 11.9 Å². The monoisotopic (exact) mass is 465 g/mol. The van der Waals surface area contributed by atoms with Crippen LogP contribution in [0.15, 0.2) is 65.3 Å². The Morgan fingerprint density at radius 1 is 1.03 bits per heavy atom. The van der Waals surface area contributed by atoms with Crippen LogP contribution < -0.4 is 5.32 Å². The lowest BCUT2D eigenvalue weighted by Gasteiger charge is -2.15. The van der Waals surface area contributed by atoms with E-state index in [4.69, 9.17) is 9.15 Å². The summed E-state index contributed by atoms with van der Waals surface area (Å²) in [7, 11) is 0. The van der Waals surface area contributed by atoms with Gasteiger partial charge in [0.1, 0.15) is 17.9 Å². The molecule has 3 aromatic rings. The summed E-state index contributed by atoms with van der Waals surface area (Å²) in [5, 5.41) is 2.70. The molecule has 1 unspecified atom stereocenters. The zero-order valence-electron chi connectivity index (χ0n) is 17.8. The fourth-order valence-electron chi connectivity index (χ4n) is 3.76. The number of furan rings is 1. The first-order valence-electron chi connectivity index (χ1n) is 10.7. The lowest BCUT2D eigenvalue weighted by atomic mass is 10.0. The Kier molecular flexibility index (Phi) is 7.36. The van der Waals surface area contributed by atoms with Gasteiger partial charge < -0.3 is 14.5 Å². The Morgan fingerprint density at radius 3 is 2.55 bits per heavy atom. The molecule has 0 spiro atoms. The minimum Gasteiger partial charge on any atom is -0.464 e. The number of carbonyl (C=O) groups excluding carboxylic acids is 4. The number of ketones is 1. The molecule has 2 aromatic carbocycles. The lowest BCUT2D eigenvalue weighted by Crippen LogP contribution is -2.34. The van der Waals surface area contributed by atoms with E-state index in [-0.39, 0.29) is 23.7 Å². The average Bonchev–Trinajstić information content (AvgIpc) is 3.50. The van der Waals surface area contributed by atoms with Gasteiger partial charge in [0.15, 0.2) is 5.78 Å². The first kappa shape index (κ1) is 22.9. The van der Waals surface area contributed by atoms with Crippen LogP contribution in [0.25, 0.3) is 11.0 Å². The molecule has 8 heteroatoms. The maximum Gasteiger partial charge on any atom is 0.330 e. The molecule has 0 aliphatic carbocycles. The molecule has 1 saturated heterocycles. The highest BCUT2D eigenvalue weighted by molar-refractivity contribution is 8.14. The molecule has 2 heterocycles. The normalized spacial score (nSPS) is 16.4. The molecule has 33 heavy (non-hydrogen) atoms. The summed E-state index contributed by atoms with van der Waals surface area (Å²) in [5.74, 6) is -1.63. The first-order valence-corrected chi connectivity index (χ1v) is 11.6. The fourth-order valence-corrected chi connectivity index (χ4v) is 4.79. The van der Waals surface area contributed by atoms with Crippen molar-refractivity contribution < 1.29 is 28.3 Å². The Balaban J connectivity index is 1.47. The third kappa shape index (κ3) is 5.77. The lowest BCUT2D eigenvalue weighted by molar-refractivity contribution is -0.160. The van der Waals surface area contributed by atoms with Gasteiger partial charge in [0.05, 0.1) is 12.0 Å². The molecule has 170 valence electrons. The first-order chi connectivity index (χ1) is 16.0. The van der Waals surface area contributed by atoms with Gasteiger partial charge in [0.2, 0.25) is 5.12 Å². The number of fused-ring (bicyclic) bond motifs is 1. The SMILES string of the molecule is O=C(CC(CC(=O)c1coc2ccccc12)SC(=O)c1ccccc1)OC(=O)[C@@H]1CCCN1. The van der Waals surface area contributed by atoms with Crippen molar-refractivity contribution in [3.63, 3.8) is 0 Å². The van der Waals surface area contributed by atoms with Crippen LogP contribution in [0.3, 0.4) is 0 Å². The number of hydrogen-bond donors (Lipinski definition) is 1. The van der Waals surface area contributed by atoms with Crippen LogP contribution in [0.5, 0.6) is 0 Å². The van der Waals surface area contributed by atoms with Gasteiger partial charge in [0, 0.05) is 22.6 Å². The molecule has 1 fully saturated rings. The second kappa shape index (κ2) is 10.6. The third-order valence-electron chi connectivity index (χ3n) is 5.43. The third-order valence-corrected chi connectivity index (χ3v) is 6.55. The van der Waals surface area contributed by atoms with Crippen molar-refractivity contribution >= 4 is 45.6 Å². The summed E-state index contributed by atoms with van der Waals surface area (Å²) in [6.45, 7) is 0.700. The quantitative estimate of drug-likeness (QED) is 0.301. The zero-order chi connectivity index (χ0) is 23.2. The molecule has 0 bridgehead atoms. The van der Waals surface area contributed by atoms with E-state index in [2.05, 4.69) is 5.32 Å². The number of esters is 2. The van der Waals surface area contributed by atoms with Crippen molar-refractivity contribution in [1.82, 2.24) is 5.32 Å². The Morgan fingerprint density at radius 2 is 1.79 bits per heavy atom. The molecule has 1 aromatic heterocycles. The topological polar surface area (TPSA) is 103 Å².